The predicted molar refractivity (Wildman–Crippen MR) is 111 cm³/mol. The van der Waals surface area contributed by atoms with E-state index in [4.69, 9.17) is 4.74 Å². The fourth-order valence-corrected chi connectivity index (χ4v) is 4.46. The second-order valence-corrected chi connectivity index (χ2v) is 8.44. The smallest absolute Gasteiger partial charge is 0.326 e. The lowest BCUT2D eigenvalue weighted by atomic mass is 10.3. The molecule has 0 aliphatic heterocycles. The Balaban J connectivity index is 2.08. The van der Waals surface area contributed by atoms with E-state index in [0.29, 0.717) is 11.4 Å². The summed E-state index contributed by atoms with van der Waals surface area (Å²) < 4.78 is 10.4. The van der Waals surface area contributed by atoms with Crippen LogP contribution >= 0.6 is 27.3 Å². The minimum atomic E-state index is -0.439. The fourth-order valence-electron chi connectivity index (χ4n) is 2.88. The Labute approximate surface area is 174 Å². The summed E-state index contributed by atoms with van der Waals surface area (Å²) >= 11 is 4.79. The molecule has 0 radical (unpaired) electrons. The summed E-state index contributed by atoms with van der Waals surface area (Å²) in [5.41, 5.74) is 2.00. The van der Waals surface area contributed by atoms with Crippen LogP contribution in [0.4, 0.5) is 0 Å². The maximum absolute atomic E-state index is 12.7. The van der Waals surface area contributed by atoms with E-state index in [1.165, 1.54) is 11.3 Å². The SMILES string of the molecule is CCOC(=O)Cn1c(=NC(=O)c2cc(C)n(C(C)C)n2)sc2cc(Br)ccc21. The van der Waals surface area contributed by atoms with Crippen molar-refractivity contribution in [1.29, 1.82) is 0 Å². The molecule has 7 nitrogen and oxygen atoms in total. The van der Waals surface area contributed by atoms with Crippen LogP contribution in [0, 0.1) is 6.92 Å². The topological polar surface area (TPSA) is 78.5 Å². The molecule has 0 unspecified atom stereocenters. The molecule has 28 heavy (non-hydrogen) atoms. The summed E-state index contributed by atoms with van der Waals surface area (Å²) in [4.78, 5) is 29.5. The Morgan fingerprint density at radius 3 is 2.71 bits per heavy atom. The summed E-state index contributed by atoms with van der Waals surface area (Å²) in [5, 5.41) is 4.36. The van der Waals surface area contributed by atoms with E-state index >= 15 is 0 Å². The van der Waals surface area contributed by atoms with Crippen LogP contribution in [0.3, 0.4) is 0 Å². The van der Waals surface area contributed by atoms with Gasteiger partial charge in [-0.2, -0.15) is 10.1 Å². The third kappa shape index (κ3) is 4.25. The first-order chi connectivity index (χ1) is 13.3. The van der Waals surface area contributed by atoms with Crippen molar-refractivity contribution in [2.75, 3.05) is 6.61 Å². The lowest BCUT2D eigenvalue weighted by Gasteiger charge is -2.06. The highest BCUT2D eigenvalue weighted by molar-refractivity contribution is 9.10. The number of hydrogen-bond acceptors (Lipinski definition) is 5. The third-order valence-corrected chi connectivity index (χ3v) is 5.60. The van der Waals surface area contributed by atoms with Crippen LogP contribution in [0.15, 0.2) is 33.7 Å². The Kier molecular flexibility index (Phi) is 6.14. The van der Waals surface area contributed by atoms with E-state index in [2.05, 4.69) is 26.0 Å². The highest BCUT2D eigenvalue weighted by Crippen LogP contribution is 2.22. The van der Waals surface area contributed by atoms with Gasteiger partial charge in [-0.25, -0.2) is 0 Å². The zero-order valence-electron chi connectivity index (χ0n) is 16.1. The van der Waals surface area contributed by atoms with Gasteiger partial charge >= 0.3 is 5.97 Å². The number of aryl methyl sites for hydroxylation is 1. The van der Waals surface area contributed by atoms with Crippen molar-refractivity contribution < 1.29 is 14.3 Å². The largest absolute Gasteiger partial charge is 0.465 e. The molecular formula is C19H21BrN4O3S. The van der Waals surface area contributed by atoms with Crippen LogP contribution in [-0.4, -0.2) is 32.8 Å². The zero-order valence-corrected chi connectivity index (χ0v) is 18.5. The van der Waals surface area contributed by atoms with Crippen molar-refractivity contribution in [3.8, 4) is 0 Å². The van der Waals surface area contributed by atoms with Gasteiger partial charge in [0.2, 0.25) is 0 Å². The van der Waals surface area contributed by atoms with E-state index in [0.717, 1.165) is 20.4 Å². The molecular weight excluding hydrogens is 444 g/mol. The highest BCUT2D eigenvalue weighted by Gasteiger charge is 2.16. The minimum absolute atomic E-state index is 0.0128. The van der Waals surface area contributed by atoms with Gasteiger partial charge in [0.1, 0.15) is 6.54 Å². The van der Waals surface area contributed by atoms with Crippen molar-refractivity contribution >= 4 is 49.4 Å². The van der Waals surface area contributed by atoms with Crippen LogP contribution in [0.5, 0.6) is 0 Å². The first-order valence-electron chi connectivity index (χ1n) is 8.90. The fraction of sp³-hybridized carbons (Fsp3) is 0.368. The first kappa shape index (κ1) is 20.5. The number of hydrogen-bond donors (Lipinski definition) is 0. The normalized spacial score (nSPS) is 12.1. The molecule has 0 spiro atoms. The Morgan fingerprint density at radius 2 is 2.07 bits per heavy atom. The third-order valence-electron chi connectivity index (χ3n) is 4.07. The Hall–Kier alpha value is -2.26. The molecule has 3 aromatic rings. The average Bonchev–Trinajstić information content (AvgIpc) is 3.16. The number of amides is 1. The second kappa shape index (κ2) is 8.40. The van der Waals surface area contributed by atoms with Crippen LogP contribution in [0.2, 0.25) is 0 Å². The number of rotatable bonds is 5. The van der Waals surface area contributed by atoms with Gasteiger partial charge in [-0.3, -0.25) is 14.3 Å². The quantitative estimate of drug-likeness (QED) is 0.537. The van der Waals surface area contributed by atoms with Crippen LogP contribution in [-0.2, 0) is 16.1 Å². The molecule has 0 fully saturated rings. The second-order valence-electron chi connectivity index (χ2n) is 6.51. The molecule has 9 heteroatoms. The Bertz CT molecular complexity index is 1110. The molecule has 0 bridgehead atoms. The summed E-state index contributed by atoms with van der Waals surface area (Å²) in [6, 6.07) is 7.58. The minimum Gasteiger partial charge on any atom is -0.465 e. The van der Waals surface area contributed by atoms with Crippen LogP contribution in [0.25, 0.3) is 10.2 Å². The molecule has 1 aromatic carbocycles. The van der Waals surface area contributed by atoms with Gasteiger partial charge in [-0.05, 0) is 52.0 Å². The number of esters is 1. The molecule has 0 aliphatic carbocycles. The van der Waals surface area contributed by atoms with E-state index < -0.39 is 5.91 Å². The molecule has 0 saturated heterocycles. The predicted octanol–water partition coefficient (Wildman–Crippen LogP) is 3.86. The average molecular weight is 465 g/mol. The molecule has 1 amide bonds. The molecule has 3 rings (SSSR count). The first-order valence-corrected chi connectivity index (χ1v) is 10.5. The van der Waals surface area contributed by atoms with Gasteiger partial charge in [-0.15, -0.1) is 0 Å². The number of benzene rings is 1. The van der Waals surface area contributed by atoms with Crippen molar-refractivity contribution in [1.82, 2.24) is 14.3 Å². The molecule has 0 N–H and O–H groups in total. The number of thiazole rings is 1. The van der Waals surface area contributed by atoms with Crippen LogP contribution in [0.1, 0.15) is 43.0 Å². The maximum atomic E-state index is 12.7. The van der Waals surface area contributed by atoms with Gasteiger partial charge in [0.05, 0.1) is 16.8 Å². The lowest BCUT2D eigenvalue weighted by Crippen LogP contribution is -2.23. The van der Waals surface area contributed by atoms with E-state index in [1.807, 2.05) is 39.0 Å². The van der Waals surface area contributed by atoms with E-state index in [1.54, 1.807) is 22.2 Å². The number of halogens is 1. The molecule has 148 valence electrons. The van der Waals surface area contributed by atoms with E-state index in [9.17, 15) is 9.59 Å². The van der Waals surface area contributed by atoms with Gasteiger partial charge < -0.3 is 9.30 Å². The number of fused-ring (bicyclic) bond motifs is 1. The van der Waals surface area contributed by atoms with E-state index in [-0.39, 0.29) is 24.2 Å². The highest BCUT2D eigenvalue weighted by atomic mass is 79.9. The number of carbonyl (C=O) groups is 2. The standard InChI is InChI=1S/C19H21BrN4O3S/c1-5-27-17(25)10-23-15-7-6-13(20)9-16(15)28-19(23)21-18(26)14-8-12(4)24(22-14)11(2)3/h6-9,11H,5,10H2,1-4H3. The summed E-state index contributed by atoms with van der Waals surface area (Å²) in [5.74, 6) is -0.815. The van der Waals surface area contributed by atoms with Crippen molar-refractivity contribution in [3.63, 3.8) is 0 Å². The van der Waals surface area contributed by atoms with Crippen molar-refractivity contribution in [3.05, 3.63) is 44.9 Å². The monoisotopic (exact) mass is 464 g/mol. The number of nitrogens with zero attached hydrogens (tertiary/aromatic N) is 4. The molecule has 0 atom stereocenters. The summed E-state index contributed by atoms with van der Waals surface area (Å²) in [6.07, 6.45) is 0. The number of aromatic nitrogens is 3. The Morgan fingerprint density at radius 1 is 1.32 bits per heavy atom. The molecule has 2 heterocycles. The number of carbonyl (C=O) groups excluding carboxylic acids is 2. The van der Waals surface area contributed by atoms with Gasteiger partial charge in [-0.1, -0.05) is 27.3 Å². The van der Waals surface area contributed by atoms with Gasteiger partial charge in [0.25, 0.3) is 5.91 Å². The maximum Gasteiger partial charge on any atom is 0.326 e. The summed E-state index contributed by atoms with van der Waals surface area (Å²) in [7, 11) is 0. The molecule has 2 aromatic heterocycles. The van der Waals surface area contributed by atoms with Gasteiger partial charge in [0.15, 0.2) is 10.5 Å². The van der Waals surface area contributed by atoms with Crippen molar-refractivity contribution in [2.45, 2.75) is 40.3 Å². The molecule has 0 aliphatic rings. The van der Waals surface area contributed by atoms with Crippen molar-refractivity contribution in [2.24, 2.45) is 4.99 Å². The number of ether oxygens (including phenoxy) is 1. The zero-order chi connectivity index (χ0) is 20.4. The lowest BCUT2D eigenvalue weighted by molar-refractivity contribution is -0.143. The van der Waals surface area contributed by atoms with Crippen LogP contribution < -0.4 is 4.80 Å². The summed E-state index contributed by atoms with van der Waals surface area (Å²) in [6.45, 7) is 7.95. The van der Waals surface area contributed by atoms with Gasteiger partial charge in [0, 0.05) is 16.2 Å². The molecule has 0 saturated carbocycles.